The zero-order valence-electron chi connectivity index (χ0n) is 12.3. The second-order valence-electron chi connectivity index (χ2n) is 5.01. The van der Waals surface area contributed by atoms with Crippen LogP contribution in [0.5, 0.6) is 0 Å². The molecule has 116 valence electrons. The fourth-order valence-electron chi connectivity index (χ4n) is 2.22. The zero-order valence-corrected chi connectivity index (χ0v) is 13.1. The van der Waals surface area contributed by atoms with Crippen LogP contribution in [0.15, 0.2) is 60.0 Å². The van der Waals surface area contributed by atoms with Crippen molar-refractivity contribution in [2.24, 2.45) is 0 Å². The van der Waals surface area contributed by atoms with Crippen molar-refractivity contribution in [2.75, 3.05) is 11.9 Å². The lowest BCUT2D eigenvalue weighted by Gasteiger charge is -2.02. The molecule has 1 aromatic heterocycles. The minimum Gasteiger partial charge on any atom is -0.361 e. The van der Waals surface area contributed by atoms with Crippen molar-refractivity contribution in [3.05, 3.63) is 75.7 Å². The van der Waals surface area contributed by atoms with Gasteiger partial charge in [-0.05, 0) is 12.0 Å². The van der Waals surface area contributed by atoms with Gasteiger partial charge in [-0.15, -0.1) is 11.3 Å². The third-order valence-electron chi connectivity index (χ3n) is 3.39. The lowest BCUT2D eigenvalue weighted by atomic mass is 10.1. The molecular formula is C17H15N3O2S. The summed E-state index contributed by atoms with van der Waals surface area (Å²) in [5, 5.41) is 16.9. The van der Waals surface area contributed by atoms with E-state index in [1.54, 1.807) is 12.1 Å². The van der Waals surface area contributed by atoms with Gasteiger partial charge in [-0.25, -0.2) is 4.98 Å². The van der Waals surface area contributed by atoms with Crippen molar-refractivity contribution < 1.29 is 4.92 Å². The second-order valence-corrected chi connectivity index (χ2v) is 5.87. The number of benzene rings is 2. The number of hydrogen-bond acceptors (Lipinski definition) is 5. The first-order chi connectivity index (χ1) is 11.2. The maximum absolute atomic E-state index is 10.8. The minimum absolute atomic E-state index is 0.0779. The quantitative estimate of drug-likeness (QED) is 0.539. The molecule has 0 fully saturated rings. The molecule has 1 N–H and O–H groups in total. The Hall–Kier alpha value is -2.73. The summed E-state index contributed by atoms with van der Waals surface area (Å²) in [5.41, 5.74) is 2.86. The summed E-state index contributed by atoms with van der Waals surface area (Å²) >= 11 is 1.50. The Kier molecular flexibility index (Phi) is 4.63. The van der Waals surface area contributed by atoms with E-state index in [-0.39, 0.29) is 5.69 Å². The van der Waals surface area contributed by atoms with Gasteiger partial charge in [0.15, 0.2) is 5.13 Å². The van der Waals surface area contributed by atoms with Crippen LogP contribution in [0, 0.1) is 10.1 Å². The summed E-state index contributed by atoms with van der Waals surface area (Å²) in [6.45, 7) is 0.798. The molecule has 0 saturated heterocycles. The minimum atomic E-state index is -0.394. The highest BCUT2D eigenvalue weighted by atomic mass is 32.1. The largest absolute Gasteiger partial charge is 0.361 e. The molecular weight excluding hydrogens is 310 g/mol. The van der Waals surface area contributed by atoms with E-state index in [0.29, 0.717) is 0 Å². The third kappa shape index (κ3) is 3.92. The van der Waals surface area contributed by atoms with Gasteiger partial charge in [-0.2, -0.15) is 0 Å². The molecule has 0 spiro atoms. The molecule has 2 aromatic carbocycles. The van der Waals surface area contributed by atoms with E-state index in [4.69, 9.17) is 0 Å². The highest BCUT2D eigenvalue weighted by Crippen LogP contribution is 2.27. The first kappa shape index (κ1) is 15.2. The van der Waals surface area contributed by atoms with Crippen molar-refractivity contribution in [3.8, 4) is 11.3 Å². The predicted octanol–water partition coefficient (Wildman–Crippen LogP) is 4.37. The number of anilines is 1. The monoisotopic (exact) mass is 325 g/mol. The summed E-state index contributed by atoms with van der Waals surface area (Å²) in [5.74, 6) is 0. The topological polar surface area (TPSA) is 68.1 Å². The number of nitro groups is 1. The summed E-state index contributed by atoms with van der Waals surface area (Å²) in [4.78, 5) is 14.9. The average Bonchev–Trinajstić information content (AvgIpc) is 3.05. The first-order valence-corrected chi connectivity index (χ1v) is 8.08. The lowest BCUT2D eigenvalue weighted by molar-refractivity contribution is -0.384. The van der Waals surface area contributed by atoms with Crippen LogP contribution in [0.25, 0.3) is 11.3 Å². The molecule has 5 nitrogen and oxygen atoms in total. The van der Waals surface area contributed by atoms with Gasteiger partial charge in [0, 0.05) is 29.6 Å². The summed E-state index contributed by atoms with van der Waals surface area (Å²) < 4.78 is 0. The van der Waals surface area contributed by atoms with E-state index in [9.17, 15) is 10.1 Å². The van der Waals surface area contributed by atoms with Gasteiger partial charge in [0.05, 0.1) is 10.6 Å². The highest BCUT2D eigenvalue weighted by Gasteiger charge is 2.09. The normalized spacial score (nSPS) is 10.4. The number of non-ortho nitro benzene ring substituents is 1. The maximum atomic E-state index is 10.8. The Balaban J connectivity index is 1.64. The van der Waals surface area contributed by atoms with Crippen molar-refractivity contribution in [1.82, 2.24) is 4.98 Å². The number of nitrogens with zero attached hydrogens (tertiary/aromatic N) is 2. The molecule has 0 aliphatic rings. The first-order valence-electron chi connectivity index (χ1n) is 7.20. The number of nitro benzene ring substituents is 1. The van der Waals surface area contributed by atoms with Gasteiger partial charge < -0.3 is 5.32 Å². The van der Waals surface area contributed by atoms with Crippen LogP contribution in [0.1, 0.15) is 5.56 Å². The van der Waals surface area contributed by atoms with Crippen molar-refractivity contribution in [1.29, 1.82) is 0 Å². The number of thiazole rings is 1. The standard InChI is InChI=1S/C17H15N3O2S/c21-20(22)15-8-4-7-14(11-15)16-12-23-17(19-16)18-10-9-13-5-2-1-3-6-13/h1-8,11-12H,9-10H2,(H,18,19). The lowest BCUT2D eigenvalue weighted by Crippen LogP contribution is -2.04. The van der Waals surface area contributed by atoms with Crippen molar-refractivity contribution in [3.63, 3.8) is 0 Å². The molecule has 0 unspecified atom stereocenters. The SMILES string of the molecule is O=[N+]([O-])c1cccc(-c2csc(NCCc3ccccc3)n2)c1. The van der Waals surface area contributed by atoms with Gasteiger partial charge in [-0.3, -0.25) is 10.1 Å². The summed E-state index contributed by atoms with van der Waals surface area (Å²) in [7, 11) is 0. The molecule has 0 saturated carbocycles. The van der Waals surface area contributed by atoms with Gasteiger partial charge in [0.25, 0.3) is 5.69 Å². The Morgan fingerprint density at radius 1 is 1.13 bits per heavy atom. The van der Waals surface area contributed by atoms with E-state index >= 15 is 0 Å². The Morgan fingerprint density at radius 2 is 1.96 bits per heavy atom. The molecule has 0 radical (unpaired) electrons. The van der Waals surface area contributed by atoms with E-state index in [1.807, 2.05) is 29.6 Å². The van der Waals surface area contributed by atoms with E-state index in [2.05, 4.69) is 22.4 Å². The predicted molar refractivity (Wildman–Crippen MR) is 92.8 cm³/mol. The van der Waals surface area contributed by atoms with Crippen LogP contribution in [-0.4, -0.2) is 16.5 Å². The number of rotatable bonds is 6. The van der Waals surface area contributed by atoms with Gasteiger partial charge in [-0.1, -0.05) is 42.5 Å². The van der Waals surface area contributed by atoms with Crippen molar-refractivity contribution in [2.45, 2.75) is 6.42 Å². The zero-order chi connectivity index (χ0) is 16.1. The van der Waals surface area contributed by atoms with Crippen LogP contribution in [0.2, 0.25) is 0 Å². The molecule has 3 aromatic rings. The highest BCUT2D eigenvalue weighted by molar-refractivity contribution is 7.14. The molecule has 0 aliphatic carbocycles. The average molecular weight is 325 g/mol. The second kappa shape index (κ2) is 7.02. The third-order valence-corrected chi connectivity index (χ3v) is 4.19. The molecule has 23 heavy (non-hydrogen) atoms. The van der Waals surface area contributed by atoms with E-state index in [0.717, 1.165) is 29.4 Å². The fourth-order valence-corrected chi connectivity index (χ4v) is 2.97. The van der Waals surface area contributed by atoms with Gasteiger partial charge in [0.2, 0.25) is 0 Å². The van der Waals surface area contributed by atoms with Crippen LogP contribution in [-0.2, 0) is 6.42 Å². The molecule has 6 heteroatoms. The van der Waals surface area contributed by atoms with Crippen LogP contribution in [0.4, 0.5) is 10.8 Å². The maximum Gasteiger partial charge on any atom is 0.270 e. The molecule has 1 heterocycles. The smallest absolute Gasteiger partial charge is 0.270 e. The summed E-state index contributed by atoms with van der Waals surface area (Å²) in [6.07, 6.45) is 0.923. The van der Waals surface area contributed by atoms with E-state index in [1.165, 1.54) is 23.0 Å². The van der Waals surface area contributed by atoms with Crippen LogP contribution < -0.4 is 5.32 Å². The molecule has 3 rings (SSSR count). The molecule has 0 atom stereocenters. The molecule has 0 amide bonds. The van der Waals surface area contributed by atoms with Crippen molar-refractivity contribution >= 4 is 22.2 Å². The van der Waals surface area contributed by atoms with E-state index < -0.39 is 4.92 Å². The van der Waals surface area contributed by atoms with Crippen LogP contribution in [0.3, 0.4) is 0 Å². The molecule has 0 bridgehead atoms. The fraction of sp³-hybridized carbons (Fsp3) is 0.118. The Morgan fingerprint density at radius 3 is 2.74 bits per heavy atom. The van der Waals surface area contributed by atoms with Crippen LogP contribution >= 0.6 is 11.3 Å². The molecule has 0 aliphatic heterocycles. The van der Waals surface area contributed by atoms with Gasteiger partial charge >= 0.3 is 0 Å². The van der Waals surface area contributed by atoms with Gasteiger partial charge in [0.1, 0.15) is 0 Å². The number of nitrogens with one attached hydrogen (secondary N) is 1. The number of hydrogen-bond donors (Lipinski definition) is 1. The number of aromatic nitrogens is 1. The Bertz CT molecular complexity index is 802. The summed E-state index contributed by atoms with van der Waals surface area (Å²) in [6, 6.07) is 16.8. The Labute approximate surface area is 137 Å².